The second-order valence-electron chi connectivity index (χ2n) is 5.49. The Morgan fingerprint density at radius 2 is 1.71 bits per heavy atom. The molecule has 0 aromatic heterocycles. The lowest BCUT2D eigenvalue weighted by molar-refractivity contribution is 0.522. The van der Waals surface area contributed by atoms with Crippen molar-refractivity contribution < 1.29 is 0 Å². The first-order chi connectivity index (χ1) is 7.84. The second-order valence-corrected chi connectivity index (χ2v) is 7.00. The fourth-order valence-corrected chi connectivity index (χ4v) is 2.08. The van der Waals surface area contributed by atoms with Gasteiger partial charge in [-0.15, -0.1) is 0 Å². The van der Waals surface area contributed by atoms with Gasteiger partial charge in [-0.05, 0) is 46.4 Å². The summed E-state index contributed by atoms with van der Waals surface area (Å²) < 4.78 is 0.299. The Balaban J connectivity index is 2.67. The van der Waals surface area contributed by atoms with Crippen LogP contribution in [0.15, 0.2) is 18.2 Å². The Morgan fingerprint density at radius 1 is 1.18 bits per heavy atom. The maximum Gasteiger partial charge on any atom is 0.0292 e. The second kappa shape index (κ2) is 5.92. The van der Waals surface area contributed by atoms with Crippen molar-refractivity contribution in [2.45, 2.75) is 45.4 Å². The molecule has 0 amide bonds. The smallest absolute Gasteiger partial charge is 0.0292 e. The molecule has 0 aliphatic heterocycles. The predicted octanol–water partition coefficient (Wildman–Crippen LogP) is 4.10. The van der Waals surface area contributed by atoms with Gasteiger partial charge in [0.2, 0.25) is 0 Å². The SMILES string of the molecule is CSC(C)(C)CNC(C)c1cc(C)cc(C)c1. The fourth-order valence-electron chi connectivity index (χ4n) is 1.85. The highest BCUT2D eigenvalue weighted by atomic mass is 32.2. The van der Waals surface area contributed by atoms with E-state index in [2.05, 4.69) is 64.4 Å². The molecule has 0 fully saturated rings. The minimum atomic E-state index is 0.299. The van der Waals surface area contributed by atoms with E-state index in [0.29, 0.717) is 10.8 Å². The third-order valence-corrected chi connectivity index (χ3v) is 4.38. The summed E-state index contributed by atoms with van der Waals surface area (Å²) >= 11 is 1.91. The highest BCUT2D eigenvalue weighted by Gasteiger charge is 2.17. The van der Waals surface area contributed by atoms with Crippen molar-refractivity contribution in [3.05, 3.63) is 34.9 Å². The molecule has 0 saturated carbocycles. The maximum atomic E-state index is 3.62. The molecule has 96 valence electrons. The van der Waals surface area contributed by atoms with Gasteiger partial charge >= 0.3 is 0 Å². The number of rotatable bonds is 5. The molecule has 1 atom stereocenters. The van der Waals surface area contributed by atoms with Crippen LogP contribution in [0.4, 0.5) is 0 Å². The fraction of sp³-hybridized carbons (Fsp3) is 0.600. The molecule has 0 aliphatic rings. The first kappa shape index (κ1) is 14.6. The average Bonchev–Trinajstić information content (AvgIpc) is 2.24. The van der Waals surface area contributed by atoms with Gasteiger partial charge in [-0.25, -0.2) is 0 Å². The lowest BCUT2D eigenvalue weighted by Crippen LogP contribution is -2.33. The molecule has 1 unspecified atom stereocenters. The summed E-state index contributed by atoms with van der Waals surface area (Å²) in [4.78, 5) is 0. The van der Waals surface area contributed by atoms with E-state index >= 15 is 0 Å². The van der Waals surface area contributed by atoms with Crippen LogP contribution < -0.4 is 5.32 Å². The lowest BCUT2D eigenvalue weighted by atomic mass is 10.0. The minimum absolute atomic E-state index is 0.299. The summed E-state index contributed by atoms with van der Waals surface area (Å²) in [7, 11) is 0. The summed E-state index contributed by atoms with van der Waals surface area (Å²) in [5.41, 5.74) is 4.08. The molecule has 1 rings (SSSR count). The van der Waals surface area contributed by atoms with Crippen molar-refractivity contribution in [1.82, 2.24) is 5.32 Å². The highest BCUT2D eigenvalue weighted by Crippen LogP contribution is 2.22. The lowest BCUT2D eigenvalue weighted by Gasteiger charge is -2.25. The van der Waals surface area contributed by atoms with Gasteiger partial charge in [0, 0.05) is 17.3 Å². The van der Waals surface area contributed by atoms with Crippen molar-refractivity contribution in [2.75, 3.05) is 12.8 Å². The Hall–Kier alpha value is -0.470. The van der Waals surface area contributed by atoms with E-state index in [9.17, 15) is 0 Å². The van der Waals surface area contributed by atoms with E-state index < -0.39 is 0 Å². The standard InChI is InChI=1S/C15H25NS/c1-11-7-12(2)9-14(8-11)13(3)16-10-15(4,5)17-6/h7-9,13,16H,10H2,1-6H3. The number of nitrogens with one attached hydrogen (secondary N) is 1. The molecule has 0 radical (unpaired) electrons. The van der Waals surface area contributed by atoms with Gasteiger partial charge in [0.1, 0.15) is 0 Å². The molecule has 1 nitrogen and oxygen atoms in total. The zero-order valence-electron chi connectivity index (χ0n) is 11.9. The third kappa shape index (κ3) is 4.72. The summed E-state index contributed by atoms with van der Waals surface area (Å²) in [6.45, 7) is 12.1. The van der Waals surface area contributed by atoms with Crippen LogP contribution in [0.1, 0.15) is 43.5 Å². The van der Waals surface area contributed by atoms with Crippen LogP contribution in [-0.4, -0.2) is 17.5 Å². The van der Waals surface area contributed by atoms with E-state index in [1.807, 2.05) is 11.8 Å². The van der Waals surface area contributed by atoms with Crippen molar-refractivity contribution in [1.29, 1.82) is 0 Å². The van der Waals surface area contributed by atoms with Gasteiger partial charge in [-0.3, -0.25) is 0 Å². The highest BCUT2D eigenvalue weighted by molar-refractivity contribution is 7.99. The summed E-state index contributed by atoms with van der Waals surface area (Å²) in [6.07, 6.45) is 2.17. The van der Waals surface area contributed by atoms with Crippen molar-refractivity contribution >= 4 is 11.8 Å². The molecular weight excluding hydrogens is 226 g/mol. The van der Waals surface area contributed by atoms with Crippen molar-refractivity contribution in [3.8, 4) is 0 Å². The van der Waals surface area contributed by atoms with E-state index in [4.69, 9.17) is 0 Å². The number of hydrogen-bond donors (Lipinski definition) is 1. The molecule has 1 aromatic carbocycles. The first-order valence-electron chi connectivity index (χ1n) is 6.21. The van der Waals surface area contributed by atoms with Gasteiger partial charge in [0.05, 0.1) is 0 Å². The zero-order chi connectivity index (χ0) is 13.1. The third-order valence-electron chi connectivity index (χ3n) is 3.13. The van der Waals surface area contributed by atoms with Gasteiger partial charge in [-0.1, -0.05) is 29.3 Å². The van der Waals surface area contributed by atoms with Crippen LogP contribution in [-0.2, 0) is 0 Å². The minimum Gasteiger partial charge on any atom is -0.309 e. The van der Waals surface area contributed by atoms with Crippen LogP contribution in [0.5, 0.6) is 0 Å². The molecule has 1 N–H and O–H groups in total. The molecule has 0 saturated heterocycles. The molecule has 0 bridgehead atoms. The van der Waals surface area contributed by atoms with E-state index in [0.717, 1.165) is 6.54 Å². The monoisotopic (exact) mass is 251 g/mol. The molecular formula is C15H25NS. The zero-order valence-corrected chi connectivity index (χ0v) is 12.7. The predicted molar refractivity (Wildman–Crippen MR) is 79.9 cm³/mol. The van der Waals surface area contributed by atoms with E-state index in [1.54, 1.807) is 0 Å². The number of hydrogen-bond acceptors (Lipinski definition) is 2. The van der Waals surface area contributed by atoms with Gasteiger partial charge in [-0.2, -0.15) is 11.8 Å². The van der Waals surface area contributed by atoms with Gasteiger partial charge in [0.25, 0.3) is 0 Å². The average molecular weight is 251 g/mol. The molecule has 0 aliphatic carbocycles. The van der Waals surface area contributed by atoms with Crippen LogP contribution in [0, 0.1) is 13.8 Å². The number of thioether (sulfide) groups is 1. The number of benzene rings is 1. The van der Waals surface area contributed by atoms with Crippen LogP contribution in [0.25, 0.3) is 0 Å². The van der Waals surface area contributed by atoms with Crippen LogP contribution >= 0.6 is 11.8 Å². The van der Waals surface area contributed by atoms with Crippen LogP contribution in [0.2, 0.25) is 0 Å². The Labute approximate surface area is 110 Å². The molecule has 1 aromatic rings. The van der Waals surface area contributed by atoms with Gasteiger partial charge in [0.15, 0.2) is 0 Å². The number of aryl methyl sites for hydroxylation is 2. The van der Waals surface area contributed by atoms with E-state index in [1.165, 1.54) is 16.7 Å². The largest absolute Gasteiger partial charge is 0.309 e. The van der Waals surface area contributed by atoms with E-state index in [-0.39, 0.29) is 0 Å². The normalized spacial score (nSPS) is 13.8. The van der Waals surface area contributed by atoms with Crippen molar-refractivity contribution in [3.63, 3.8) is 0 Å². The summed E-state index contributed by atoms with van der Waals surface area (Å²) in [5, 5.41) is 3.62. The Morgan fingerprint density at radius 3 is 2.18 bits per heavy atom. The molecule has 17 heavy (non-hydrogen) atoms. The molecule has 0 spiro atoms. The Bertz CT molecular complexity index is 351. The molecule has 2 heteroatoms. The van der Waals surface area contributed by atoms with Crippen LogP contribution in [0.3, 0.4) is 0 Å². The molecule has 0 heterocycles. The first-order valence-corrected chi connectivity index (χ1v) is 7.43. The Kier molecular flexibility index (Phi) is 5.08. The van der Waals surface area contributed by atoms with Gasteiger partial charge < -0.3 is 5.32 Å². The summed E-state index contributed by atoms with van der Waals surface area (Å²) in [5.74, 6) is 0. The topological polar surface area (TPSA) is 12.0 Å². The maximum absolute atomic E-state index is 3.62. The quantitative estimate of drug-likeness (QED) is 0.845. The summed E-state index contributed by atoms with van der Waals surface area (Å²) in [6, 6.07) is 7.19. The van der Waals surface area contributed by atoms with Crippen molar-refractivity contribution in [2.24, 2.45) is 0 Å².